The Morgan fingerprint density at radius 1 is 1.20 bits per heavy atom. The Balaban J connectivity index is 1.40. The number of H-pyrrole nitrogens is 1. The minimum absolute atomic E-state index is 0.0358. The van der Waals surface area contributed by atoms with Gasteiger partial charge in [0.1, 0.15) is 11.4 Å². The summed E-state index contributed by atoms with van der Waals surface area (Å²) in [6, 6.07) is 12.9. The molecule has 2 aromatic heterocycles. The normalized spacial score (nSPS) is 11.0. The van der Waals surface area contributed by atoms with Crippen LogP contribution < -0.4 is 11.1 Å². The van der Waals surface area contributed by atoms with Crippen LogP contribution in [0.5, 0.6) is 0 Å². The summed E-state index contributed by atoms with van der Waals surface area (Å²) in [7, 11) is 0. The van der Waals surface area contributed by atoms with E-state index in [1.807, 2.05) is 6.20 Å². The summed E-state index contributed by atoms with van der Waals surface area (Å²) < 4.78 is 1.32. The summed E-state index contributed by atoms with van der Waals surface area (Å²) in [5.41, 5.74) is 10.3. The third-order valence-corrected chi connectivity index (χ3v) is 5.01. The van der Waals surface area contributed by atoms with Gasteiger partial charge < -0.3 is 21.1 Å². The standard InChI is InChI=1S/C22H21N5O3/c1-13-2-7-19-17(10-13)15(11-25-19)8-9-24-21(28)14-3-5-16(6-4-14)27-20(23)18(12-26-27)22(29)30/h2-7,10-12,25H,8-9,23H2,1H3,(H,24,28)(H,29,30). The van der Waals surface area contributed by atoms with Crippen LogP contribution in [0.15, 0.2) is 54.9 Å². The molecule has 30 heavy (non-hydrogen) atoms. The average Bonchev–Trinajstić information content (AvgIpc) is 3.31. The SMILES string of the molecule is Cc1ccc2[nH]cc(CCNC(=O)c3ccc(-n4ncc(C(=O)O)c4N)cc3)c2c1. The molecule has 0 radical (unpaired) electrons. The molecule has 8 heteroatoms. The highest BCUT2D eigenvalue weighted by atomic mass is 16.4. The zero-order chi connectivity index (χ0) is 21.3. The van der Waals surface area contributed by atoms with Crippen molar-refractivity contribution in [2.75, 3.05) is 12.3 Å². The molecule has 1 amide bonds. The number of carbonyl (C=O) groups excluding carboxylic acids is 1. The van der Waals surface area contributed by atoms with Gasteiger partial charge in [0.15, 0.2) is 0 Å². The maximum absolute atomic E-state index is 12.5. The first-order chi connectivity index (χ1) is 14.4. The number of aromatic nitrogens is 3. The van der Waals surface area contributed by atoms with Gasteiger partial charge >= 0.3 is 5.97 Å². The first-order valence-electron chi connectivity index (χ1n) is 9.46. The van der Waals surface area contributed by atoms with Gasteiger partial charge in [-0.3, -0.25) is 4.79 Å². The molecule has 0 saturated heterocycles. The number of carboxylic acids is 1. The van der Waals surface area contributed by atoms with E-state index in [0.29, 0.717) is 17.8 Å². The van der Waals surface area contributed by atoms with Crippen LogP contribution in [0.3, 0.4) is 0 Å². The molecule has 2 heterocycles. The third-order valence-electron chi connectivity index (χ3n) is 5.01. The highest BCUT2D eigenvalue weighted by Crippen LogP contribution is 2.20. The summed E-state index contributed by atoms with van der Waals surface area (Å²) in [5, 5.41) is 17.2. The number of amides is 1. The fraction of sp³-hybridized carbons (Fsp3) is 0.136. The molecule has 0 fully saturated rings. The number of anilines is 1. The summed E-state index contributed by atoms with van der Waals surface area (Å²) >= 11 is 0. The van der Waals surface area contributed by atoms with E-state index in [4.69, 9.17) is 10.8 Å². The maximum Gasteiger partial charge on any atom is 0.341 e. The number of nitrogens with two attached hydrogens (primary N) is 1. The van der Waals surface area contributed by atoms with E-state index in [2.05, 4.69) is 40.5 Å². The van der Waals surface area contributed by atoms with Gasteiger partial charge in [-0.1, -0.05) is 11.6 Å². The van der Waals surface area contributed by atoms with Crippen molar-refractivity contribution in [3.63, 3.8) is 0 Å². The Morgan fingerprint density at radius 2 is 1.97 bits per heavy atom. The van der Waals surface area contributed by atoms with Crippen LogP contribution in [0.4, 0.5) is 5.82 Å². The van der Waals surface area contributed by atoms with Crippen molar-refractivity contribution in [2.24, 2.45) is 0 Å². The van der Waals surface area contributed by atoms with E-state index in [0.717, 1.165) is 17.5 Å². The Labute approximate surface area is 172 Å². The van der Waals surface area contributed by atoms with Crippen molar-refractivity contribution in [3.05, 3.63) is 77.1 Å². The van der Waals surface area contributed by atoms with Gasteiger partial charge in [-0.15, -0.1) is 0 Å². The molecule has 8 nitrogen and oxygen atoms in total. The first kappa shape index (κ1) is 19.3. The van der Waals surface area contributed by atoms with Crippen LogP contribution in [0, 0.1) is 6.92 Å². The van der Waals surface area contributed by atoms with Gasteiger partial charge in [-0.25, -0.2) is 9.48 Å². The average molecular weight is 403 g/mol. The van der Waals surface area contributed by atoms with Crippen molar-refractivity contribution in [2.45, 2.75) is 13.3 Å². The number of nitrogen functional groups attached to an aromatic ring is 1. The lowest BCUT2D eigenvalue weighted by molar-refractivity contribution is 0.0697. The number of aromatic carboxylic acids is 1. The van der Waals surface area contributed by atoms with Gasteiger partial charge in [0.2, 0.25) is 0 Å². The quantitative estimate of drug-likeness (QED) is 0.394. The van der Waals surface area contributed by atoms with E-state index < -0.39 is 5.97 Å². The molecule has 5 N–H and O–H groups in total. The Hall–Kier alpha value is -4.07. The highest BCUT2D eigenvalue weighted by molar-refractivity contribution is 5.95. The molecule has 0 aliphatic rings. The van der Waals surface area contributed by atoms with Crippen LogP contribution in [0.2, 0.25) is 0 Å². The number of carboxylic acid groups (broad SMARTS) is 1. The predicted molar refractivity (Wildman–Crippen MR) is 114 cm³/mol. The molecule has 0 saturated carbocycles. The summed E-state index contributed by atoms with van der Waals surface area (Å²) in [6.45, 7) is 2.57. The number of aryl methyl sites for hydroxylation is 1. The van der Waals surface area contributed by atoms with Gasteiger partial charge in [0, 0.05) is 29.2 Å². The zero-order valence-corrected chi connectivity index (χ0v) is 16.3. The number of hydrogen-bond donors (Lipinski definition) is 4. The molecule has 2 aromatic carbocycles. The number of nitrogens with one attached hydrogen (secondary N) is 2. The molecule has 0 bridgehead atoms. The molecule has 4 rings (SSSR count). The number of nitrogens with zero attached hydrogens (tertiary/aromatic N) is 2. The number of benzene rings is 2. The van der Waals surface area contributed by atoms with E-state index >= 15 is 0 Å². The van der Waals surface area contributed by atoms with E-state index in [9.17, 15) is 9.59 Å². The number of carbonyl (C=O) groups is 2. The second-order valence-electron chi connectivity index (χ2n) is 7.08. The van der Waals surface area contributed by atoms with Gasteiger partial charge in [-0.05, 0) is 55.3 Å². The molecule has 4 aromatic rings. The van der Waals surface area contributed by atoms with Crippen LogP contribution in [0.25, 0.3) is 16.6 Å². The molecule has 0 aliphatic carbocycles. The summed E-state index contributed by atoms with van der Waals surface area (Å²) in [6.07, 6.45) is 3.89. The number of hydrogen-bond acceptors (Lipinski definition) is 4. The van der Waals surface area contributed by atoms with Crippen molar-refractivity contribution in [3.8, 4) is 5.69 Å². The smallest absolute Gasteiger partial charge is 0.341 e. The van der Waals surface area contributed by atoms with Crippen LogP contribution >= 0.6 is 0 Å². The second-order valence-corrected chi connectivity index (χ2v) is 7.08. The van der Waals surface area contributed by atoms with Crippen molar-refractivity contribution < 1.29 is 14.7 Å². The van der Waals surface area contributed by atoms with Crippen LogP contribution in [-0.4, -0.2) is 38.3 Å². The number of aromatic amines is 1. The minimum atomic E-state index is -1.14. The fourth-order valence-electron chi connectivity index (χ4n) is 3.39. The third kappa shape index (κ3) is 3.62. The molecular formula is C22H21N5O3. The highest BCUT2D eigenvalue weighted by Gasteiger charge is 2.15. The second kappa shape index (κ2) is 7.75. The maximum atomic E-state index is 12.5. The minimum Gasteiger partial charge on any atom is -0.477 e. The van der Waals surface area contributed by atoms with Crippen molar-refractivity contribution in [1.82, 2.24) is 20.1 Å². The van der Waals surface area contributed by atoms with E-state index in [1.165, 1.54) is 21.8 Å². The lowest BCUT2D eigenvalue weighted by Crippen LogP contribution is -2.25. The number of rotatable bonds is 6. The molecule has 0 unspecified atom stereocenters. The lowest BCUT2D eigenvalue weighted by Gasteiger charge is -2.08. The largest absolute Gasteiger partial charge is 0.477 e. The zero-order valence-electron chi connectivity index (χ0n) is 16.3. The lowest BCUT2D eigenvalue weighted by atomic mass is 10.1. The van der Waals surface area contributed by atoms with Crippen LogP contribution in [0.1, 0.15) is 31.8 Å². The fourth-order valence-corrected chi connectivity index (χ4v) is 3.39. The molecule has 0 atom stereocenters. The van der Waals surface area contributed by atoms with E-state index in [1.54, 1.807) is 24.3 Å². The monoisotopic (exact) mass is 403 g/mol. The summed E-state index contributed by atoms with van der Waals surface area (Å²) in [4.78, 5) is 26.8. The molecule has 152 valence electrons. The topological polar surface area (TPSA) is 126 Å². The molecular weight excluding hydrogens is 382 g/mol. The Morgan fingerprint density at radius 3 is 2.67 bits per heavy atom. The Bertz CT molecular complexity index is 1240. The molecule has 0 aliphatic heterocycles. The number of fused-ring (bicyclic) bond motifs is 1. The predicted octanol–water partition coefficient (Wildman–Crippen LogP) is 2.91. The van der Waals surface area contributed by atoms with Crippen molar-refractivity contribution in [1.29, 1.82) is 0 Å². The van der Waals surface area contributed by atoms with Crippen molar-refractivity contribution >= 4 is 28.6 Å². The van der Waals surface area contributed by atoms with Gasteiger partial charge in [0.05, 0.1) is 11.9 Å². The van der Waals surface area contributed by atoms with Gasteiger partial charge in [0.25, 0.3) is 5.91 Å². The van der Waals surface area contributed by atoms with E-state index in [-0.39, 0.29) is 17.3 Å². The first-order valence-corrected chi connectivity index (χ1v) is 9.46. The Kier molecular flexibility index (Phi) is 4.97. The van der Waals surface area contributed by atoms with Gasteiger partial charge in [-0.2, -0.15) is 5.10 Å². The molecule has 0 spiro atoms. The van der Waals surface area contributed by atoms with Crippen LogP contribution in [-0.2, 0) is 6.42 Å². The summed E-state index contributed by atoms with van der Waals surface area (Å²) in [5.74, 6) is -1.29.